The molecule has 1 heterocycles. The highest BCUT2D eigenvalue weighted by Crippen LogP contribution is 2.26. The van der Waals surface area contributed by atoms with E-state index in [1.54, 1.807) is 45.0 Å². The van der Waals surface area contributed by atoms with Crippen LogP contribution in [-0.2, 0) is 16.1 Å². The Bertz CT molecular complexity index is 860. The van der Waals surface area contributed by atoms with Crippen LogP contribution in [0.4, 0.5) is 4.79 Å². The number of hydrogen-bond acceptors (Lipinski definition) is 5. The Kier molecular flexibility index (Phi) is 6.50. The van der Waals surface area contributed by atoms with Crippen LogP contribution in [0, 0.1) is 0 Å². The van der Waals surface area contributed by atoms with Crippen molar-refractivity contribution in [1.29, 1.82) is 0 Å². The molecule has 1 aliphatic heterocycles. The van der Waals surface area contributed by atoms with Crippen molar-refractivity contribution >= 4 is 12.1 Å². The van der Waals surface area contributed by atoms with Gasteiger partial charge in [0, 0.05) is 6.42 Å². The summed E-state index contributed by atoms with van der Waals surface area (Å²) in [5.74, 6) is 0.218. The van der Waals surface area contributed by atoms with Crippen LogP contribution in [0.3, 0.4) is 0 Å². The summed E-state index contributed by atoms with van der Waals surface area (Å²) >= 11 is 0. The minimum Gasteiger partial charge on any atom is -0.489 e. The average Bonchev–Trinajstić information content (AvgIpc) is 3.11. The molecule has 0 bridgehead atoms. The monoisotopic (exact) mass is 413 g/mol. The van der Waals surface area contributed by atoms with E-state index in [-0.39, 0.29) is 13.0 Å². The Balaban J connectivity index is 1.57. The second-order valence-corrected chi connectivity index (χ2v) is 8.21. The van der Waals surface area contributed by atoms with Gasteiger partial charge in [-0.1, -0.05) is 30.3 Å². The van der Waals surface area contributed by atoms with E-state index < -0.39 is 29.8 Å². The molecular weight excluding hydrogens is 386 g/mol. The summed E-state index contributed by atoms with van der Waals surface area (Å²) in [7, 11) is 0. The molecule has 2 aromatic rings. The molecule has 2 atom stereocenters. The van der Waals surface area contributed by atoms with E-state index in [4.69, 9.17) is 14.2 Å². The van der Waals surface area contributed by atoms with Gasteiger partial charge in [-0.25, -0.2) is 9.59 Å². The number of aliphatic carboxylic acids is 1. The Morgan fingerprint density at radius 2 is 1.67 bits per heavy atom. The predicted octanol–water partition coefficient (Wildman–Crippen LogP) is 4.11. The number of carbonyl (C=O) groups excluding carboxylic acids is 1. The van der Waals surface area contributed by atoms with Crippen LogP contribution in [0.5, 0.6) is 11.5 Å². The van der Waals surface area contributed by atoms with Gasteiger partial charge in [0.1, 0.15) is 35.9 Å². The van der Waals surface area contributed by atoms with Gasteiger partial charge in [0.2, 0.25) is 0 Å². The zero-order valence-corrected chi connectivity index (χ0v) is 17.4. The fourth-order valence-corrected chi connectivity index (χ4v) is 3.19. The largest absolute Gasteiger partial charge is 0.489 e. The minimum atomic E-state index is -1.07. The van der Waals surface area contributed by atoms with E-state index in [9.17, 15) is 14.7 Å². The van der Waals surface area contributed by atoms with Crippen LogP contribution < -0.4 is 9.47 Å². The van der Waals surface area contributed by atoms with E-state index >= 15 is 0 Å². The lowest BCUT2D eigenvalue weighted by Gasteiger charge is -2.26. The van der Waals surface area contributed by atoms with Crippen molar-refractivity contribution in [1.82, 2.24) is 4.90 Å². The van der Waals surface area contributed by atoms with Gasteiger partial charge in [-0.2, -0.15) is 0 Å². The number of carbonyl (C=O) groups is 2. The molecule has 1 N–H and O–H groups in total. The fraction of sp³-hybridized carbons (Fsp3) is 0.391. The van der Waals surface area contributed by atoms with E-state index in [2.05, 4.69) is 0 Å². The first-order valence-corrected chi connectivity index (χ1v) is 9.87. The molecule has 0 aromatic heterocycles. The lowest BCUT2D eigenvalue weighted by molar-refractivity contribution is -0.142. The van der Waals surface area contributed by atoms with Crippen LogP contribution in [0.15, 0.2) is 54.6 Å². The molecule has 2 aromatic carbocycles. The molecular formula is C23H27NO6. The third-order valence-corrected chi connectivity index (χ3v) is 4.55. The molecule has 30 heavy (non-hydrogen) atoms. The van der Waals surface area contributed by atoms with Gasteiger partial charge in [0.25, 0.3) is 0 Å². The van der Waals surface area contributed by atoms with Crippen molar-refractivity contribution in [2.45, 2.75) is 51.5 Å². The normalized spacial score (nSPS) is 18.7. The summed E-state index contributed by atoms with van der Waals surface area (Å²) in [6.07, 6.45) is -0.888. The zero-order valence-electron chi connectivity index (χ0n) is 17.4. The van der Waals surface area contributed by atoms with Crippen molar-refractivity contribution < 1.29 is 28.9 Å². The summed E-state index contributed by atoms with van der Waals surface area (Å²) in [6.45, 7) is 5.84. The Morgan fingerprint density at radius 3 is 2.27 bits per heavy atom. The summed E-state index contributed by atoms with van der Waals surface area (Å²) in [4.78, 5) is 25.2. The van der Waals surface area contributed by atoms with E-state index in [0.717, 1.165) is 5.56 Å². The highest BCUT2D eigenvalue weighted by molar-refractivity contribution is 5.81. The lowest BCUT2D eigenvalue weighted by atomic mass is 10.2. The highest BCUT2D eigenvalue weighted by atomic mass is 16.6. The molecule has 0 unspecified atom stereocenters. The maximum absolute atomic E-state index is 12.4. The molecule has 1 fully saturated rings. The van der Waals surface area contributed by atoms with Gasteiger partial charge in [0.15, 0.2) is 0 Å². The van der Waals surface area contributed by atoms with Crippen molar-refractivity contribution in [3.05, 3.63) is 60.2 Å². The first kappa shape index (κ1) is 21.5. The fourth-order valence-electron chi connectivity index (χ4n) is 3.19. The van der Waals surface area contributed by atoms with Crippen LogP contribution in [0.1, 0.15) is 32.8 Å². The third-order valence-electron chi connectivity index (χ3n) is 4.55. The second-order valence-electron chi connectivity index (χ2n) is 8.21. The van der Waals surface area contributed by atoms with Crippen molar-refractivity contribution in [2.75, 3.05) is 6.54 Å². The molecule has 1 amide bonds. The minimum absolute atomic E-state index is 0.151. The number of benzene rings is 2. The number of ether oxygens (including phenoxy) is 3. The van der Waals surface area contributed by atoms with Gasteiger partial charge in [-0.15, -0.1) is 0 Å². The summed E-state index contributed by atoms with van der Waals surface area (Å²) in [5.41, 5.74) is 0.375. The average molecular weight is 413 g/mol. The quantitative estimate of drug-likeness (QED) is 0.767. The van der Waals surface area contributed by atoms with Crippen molar-refractivity contribution in [3.8, 4) is 11.5 Å². The van der Waals surface area contributed by atoms with Crippen LogP contribution >= 0.6 is 0 Å². The third kappa shape index (κ3) is 5.89. The molecule has 0 spiro atoms. The molecule has 3 rings (SSSR count). The van der Waals surface area contributed by atoms with Crippen molar-refractivity contribution in [2.24, 2.45) is 0 Å². The SMILES string of the molecule is CC(C)(C)OC(=O)N1C[C@@H](Oc2ccc(OCc3ccccc3)cc2)C[C@H]1C(=O)O. The molecule has 1 aliphatic rings. The van der Waals surface area contributed by atoms with Crippen LogP contribution in [0.2, 0.25) is 0 Å². The Labute approximate surface area is 176 Å². The standard InChI is InChI=1S/C23H27NO6/c1-23(2,3)30-22(27)24-14-19(13-20(24)21(25)26)29-18-11-9-17(10-12-18)28-15-16-7-5-4-6-8-16/h4-12,19-20H,13-15H2,1-3H3,(H,25,26)/t19-,20-/m0/s1. The number of hydrogen-bond donors (Lipinski definition) is 1. The topological polar surface area (TPSA) is 85.3 Å². The smallest absolute Gasteiger partial charge is 0.411 e. The van der Waals surface area contributed by atoms with E-state index in [1.807, 2.05) is 30.3 Å². The van der Waals surface area contributed by atoms with Crippen LogP contribution in [0.25, 0.3) is 0 Å². The second kappa shape index (κ2) is 9.07. The highest BCUT2D eigenvalue weighted by Gasteiger charge is 2.42. The molecule has 0 aliphatic carbocycles. The van der Waals surface area contributed by atoms with Crippen LogP contribution in [-0.4, -0.2) is 46.4 Å². The number of carboxylic acids is 1. The molecule has 0 saturated carbocycles. The number of nitrogens with zero attached hydrogens (tertiary/aromatic N) is 1. The number of likely N-dealkylation sites (tertiary alicyclic amines) is 1. The van der Waals surface area contributed by atoms with Crippen molar-refractivity contribution in [3.63, 3.8) is 0 Å². The maximum atomic E-state index is 12.4. The Morgan fingerprint density at radius 1 is 1.03 bits per heavy atom. The van der Waals surface area contributed by atoms with Gasteiger partial charge in [-0.05, 0) is 50.6 Å². The van der Waals surface area contributed by atoms with Gasteiger partial charge < -0.3 is 19.3 Å². The number of amides is 1. The number of rotatable bonds is 6. The van der Waals surface area contributed by atoms with Gasteiger partial charge >= 0.3 is 12.1 Å². The van der Waals surface area contributed by atoms with Gasteiger partial charge in [-0.3, -0.25) is 4.90 Å². The summed E-state index contributed by atoms with van der Waals surface area (Å²) in [6, 6.07) is 16.0. The first-order valence-electron chi connectivity index (χ1n) is 9.87. The Hall–Kier alpha value is -3.22. The molecule has 7 nitrogen and oxygen atoms in total. The predicted molar refractivity (Wildman–Crippen MR) is 111 cm³/mol. The first-order chi connectivity index (χ1) is 14.2. The van der Waals surface area contributed by atoms with Gasteiger partial charge in [0.05, 0.1) is 6.54 Å². The van der Waals surface area contributed by atoms with E-state index in [0.29, 0.717) is 18.1 Å². The molecule has 0 radical (unpaired) electrons. The molecule has 160 valence electrons. The number of carboxylic acid groups (broad SMARTS) is 1. The summed E-state index contributed by atoms with van der Waals surface area (Å²) in [5, 5.41) is 9.48. The molecule has 7 heteroatoms. The molecule has 1 saturated heterocycles. The lowest BCUT2D eigenvalue weighted by Crippen LogP contribution is -2.43. The maximum Gasteiger partial charge on any atom is 0.411 e. The van der Waals surface area contributed by atoms with E-state index in [1.165, 1.54) is 4.90 Å². The summed E-state index contributed by atoms with van der Waals surface area (Å²) < 4.78 is 17.0. The zero-order chi connectivity index (χ0) is 21.7.